The lowest BCUT2D eigenvalue weighted by molar-refractivity contribution is -0.117. The molecule has 0 saturated carbocycles. The Balaban J connectivity index is 1.41. The molecule has 2 aromatic heterocycles. The van der Waals surface area contributed by atoms with Gasteiger partial charge in [-0.15, -0.1) is 0 Å². The fraction of sp³-hybridized carbons (Fsp3) is 0.308. The Labute approximate surface area is 202 Å². The molecule has 3 heterocycles. The van der Waals surface area contributed by atoms with Crippen molar-refractivity contribution in [3.8, 4) is 17.0 Å². The van der Waals surface area contributed by atoms with Crippen molar-refractivity contribution >= 4 is 39.4 Å². The smallest absolute Gasteiger partial charge is 0.221 e. The molecule has 0 unspecified atom stereocenters. The molecule has 0 aliphatic carbocycles. The third kappa shape index (κ3) is 5.01. The molecule has 0 spiro atoms. The molecular formula is C26H27ClN4O3. The molecule has 1 aliphatic rings. The number of rotatable bonds is 8. The molecule has 1 saturated heterocycles. The molecule has 8 heteroatoms. The van der Waals surface area contributed by atoms with E-state index in [0.29, 0.717) is 11.6 Å². The predicted octanol–water partition coefficient (Wildman–Crippen LogP) is 4.17. The lowest BCUT2D eigenvalue weighted by Gasteiger charge is -2.26. The number of aromatic amines is 1. The lowest BCUT2D eigenvalue weighted by Crippen LogP contribution is -2.37. The standard InChI is InChI=1S/C26H27ClN4O3/c27-19-4-2-17(3-5-19)22-14-18(15-24(28)32)25-26(29-22)21-7-6-20(16-23(21)30-25)34-11-1-8-31-9-12-33-13-10-31/h2-7,14,16,30H,1,8-13,15H2,(H2,28,32). The molecule has 2 aromatic carbocycles. The number of carbonyl (C=O) groups excluding carboxylic acids is 1. The summed E-state index contributed by atoms with van der Waals surface area (Å²) in [6.45, 7) is 5.24. The first-order chi connectivity index (χ1) is 16.6. The van der Waals surface area contributed by atoms with Crippen LogP contribution in [0.4, 0.5) is 0 Å². The monoisotopic (exact) mass is 478 g/mol. The maximum atomic E-state index is 11.8. The van der Waals surface area contributed by atoms with Gasteiger partial charge < -0.3 is 20.2 Å². The molecule has 1 fully saturated rings. The van der Waals surface area contributed by atoms with Gasteiger partial charge in [-0.2, -0.15) is 0 Å². The van der Waals surface area contributed by atoms with E-state index in [0.717, 1.165) is 83.8 Å². The van der Waals surface area contributed by atoms with Crippen molar-refractivity contribution in [1.82, 2.24) is 14.9 Å². The van der Waals surface area contributed by atoms with Crippen LogP contribution >= 0.6 is 11.6 Å². The molecule has 1 aliphatic heterocycles. The molecule has 5 rings (SSSR count). The number of morpholine rings is 1. The number of nitrogens with one attached hydrogen (secondary N) is 1. The van der Waals surface area contributed by atoms with Crippen LogP contribution in [0.15, 0.2) is 48.5 Å². The molecule has 0 radical (unpaired) electrons. The molecule has 4 aromatic rings. The maximum absolute atomic E-state index is 11.8. The summed E-state index contributed by atoms with van der Waals surface area (Å²) in [5, 5.41) is 1.63. The van der Waals surface area contributed by atoms with Crippen molar-refractivity contribution < 1.29 is 14.3 Å². The van der Waals surface area contributed by atoms with Gasteiger partial charge >= 0.3 is 0 Å². The zero-order chi connectivity index (χ0) is 23.5. The van der Waals surface area contributed by atoms with E-state index in [4.69, 9.17) is 31.8 Å². The number of pyridine rings is 1. The number of ether oxygens (including phenoxy) is 2. The summed E-state index contributed by atoms with van der Waals surface area (Å²) < 4.78 is 11.4. The van der Waals surface area contributed by atoms with E-state index in [2.05, 4.69) is 9.88 Å². The molecule has 176 valence electrons. The minimum absolute atomic E-state index is 0.122. The molecule has 0 bridgehead atoms. The number of hydrogen-bond donors (Lipinski definition) is 2. The topological polar surface area (TPSA) is 93.5 Å². The number of fused-ring (bicyclic) bond motifs is 3. The highest BCUT2D eigenvalue weighted by Gasteiger charge is 2.15. The van der Waals surface area contributed by atoms with Crippen LogP contribution in [0.2, 0.25) is 5.02 Å². The minimum atomic E-state index is -0.391. The first kappa shape index (κ1) is 22.7. The number of nitrogens with two attached hydrogens (primary N) is 1. The van der Waals surface area contributed by atoms with Crippen LogP contribution in [-0.2, 0) is 16.0 Å². The van der Waals surface area contributed by atoms with Gasteiger partial charge in [0.05, 0.1) is 48.5 Å². The molecule has 0 atom stereocenters. The van der Waals surface area contributed by atoms with Crippen LogP contribution in [0, 0.1) is 0 Å². The molecule has 7 nitrogen and oxygen atoms in total. The summed E-state index contributed by atoms with van der Waals surface area (Å²) in [5.41, 5.74) is 10.6. The number of aromatic nitrogens is 2. The number of nitrogens with zero attached hydrogens (tertiary/aromatic N) is 2. The summed E-state index contributed by atoms with van der Waals surface area (Å²) in [6, 6.07) is 15.4. The van der Waals surface area contributed by atoms with Gasteiger partial charge in [-0.05, 0) is 42.3 Å². The van der Waals surface area contributed by atoms with E-state index in [1.165, 1.54) is 0 Å². The Hall–Kier alpha value is -3.13. The number of carbonyl (C=O) groups is 1. The fourth-order valence-electron chi connectivity index (χ4n) is 4.39. The average Bonchev–Trinajstić information content (AvgIpc) is 3.21. The second kappa shape index (κ2) is 10.0. The zero-order valence-corrected chi connectivity index (χ0v) is 19.6. The van der Waals surface area contributed by atoms with Crippen LogP contribution in [0.3, 0.4) is 0 Å². The van der Waals surface area contributed by atoms with Gasteiger partial charge in [-0.1, -0.05) is 23.7 Å². The Kier molecular flexibility index (Phi) is 6.67. The van der Waals surface area contributed by atoms with Gasteiger partial charge in [0.25, 0.3) is 0 Å². The normalized spacial score (nSPS) is 14.6. The fourth-order valence-corrected chi connectivity index (χ4v) is 4.51. The van der Waals surface area contributed by atoms with Gasteiger partial charge in [0.1, 0.15) is 5.75 Å². The molecular weight excluding hydrogens is 452 g/mol. The van der Waals surface area contributed by atoms with Crippen LogP contribution < -0.4 is 10.5 Å². The van der Waals surface area contributed by atoms with Gasteiger partial charge in [-0.3, -0.25) is 9.69 Å². The van der Waals surface area contributed by atoms with Gasteiger partial charge in [0.15, 0.2) is 0 Å². The Morgan fingerprint density at radius 2 is 1.94 bits per heavy atom. The number of H-pyrrole nitrogens is 1. The second-order valence-corrected chi connectivity index (χ2v) is 8.97. The van der Waals surface area contributed by atoms with E-state index >= 15 is 0 Å². The quantitative estimate of drug-likeness (QED) is 0.371. The van der Waals surface area contributed by atoms with E-state index < -0.39 is 5.91 Å². The SMILES string of the molecule is NC(=O)Cc1cc(-c2ccc(Cl)cc2)nc2c1[nH]c1cc(OCCCN3CCOCC3)ccc12. The van der Waals surface area contributed by atoms with E-state index in [1.807, 2.05) is 48.5 Å². The van der Waals surface area contributed by atoms with Crippen molar-refractivity contribution in [1.29, 1.82) is 0 Å². The highest BCUT2D eigenvalue weighted by atomic mass is 35.5. The highest BCUT2D eigenvalue weighted by Crippen LogP contribution is 2.32. The van der Waals surface area contributed by atoms with Crippen LogP contribution in [-0.4, -0.2) is 60.2 Å². The Morgan fingerprint density at radius 3 is 2.71 bits per heavy atom. The number of amides is 1. The first-order valence-corrected chi connectivity index (χ1v) is 11.9. The van der Waals surface area contributed by atoms with Crippen LogP contribution in [0.1, 0.15) is 12.0 Å². The molecule has 1 amide bonds. The van der Waals surface area contributed by atoms with Crippen molar-refractivity contribution in [2.24, 2.45) is 5.73 Å². The van der Waals surface area contributed by atoms with E-state index in [1.54, 1.807) is 0 Å². The van der Waals surface area contributed by atoms with Crippen LogP contribution in [0.25, 0.3) is 33.2 Å². The third-order valence-electron chi connectivity index (χ3n) is 6.10. The summed E-state index contributed by atoms with van der Waals surface area (Å²) in [6.07, 6.45) is 1.08. The third-order valence-corrected chi connectivity index (χ3v) is 6.35. The van der Waals surface area contributed by atoms with Gasteiger partial charge in [-0.25, -0.2) is 4.98 Å². The second-order valence-electron chi connectivity index (χ2n) is 8.53. The summed E-state index contributed by atoms with van der Waals surface area (Å²) in [7, 11) is 0. The molecule has 34 heavy (non-hydrogen) atoms. The first-order valence-electron chi connectivity index (χ1n) is 11.5. The molecule has 3 N–H and O–H groups in total. The number of primary amides is 1. The van der Waals surface area contributed by atoms with Crippen molar-refractivity contribution in [2.45, 2.75) is 12.8 Å². The van der Waals surface area contributed by atoms with Gasteiger partial charge in [0.2, 0.25) is 5.91 Å². The van der Waals surface area contributed by atoms with E-state index in [9.17, 15) is 4.79 Å². The number of benzene rings is 2. The highest BCUT2D eigenvalue weighted by molar-refractivity contribution is 6.30. The average molecular weight is 479 g/mol. The Bertz CT molecular complexity index is 1310. The largest absolute Gasteiger partial charge is 0.493 e. The Morgan fingerprint density at radius 1 is 1.15 bits per heavy atom. The van der Waals surface area contributed by atoms with Crippen LogP contribution in [0.5, 0.6) is 5.75 Å². The maximum Gasteiger partial charge on any atom is 0.221 e. The number of hydrogen-bond acceptors (Lipinski definition) is 5. The van der Waals surface area contributed by atoms with Crippen molar-refractivity contribution in [2.75, 3.05) is 39.5 Å². The minimum Gasteiger partial charge on any atom is -0.493 e. The zero-order valence-electron chi connectivity index (χ0n) is 18.9. The summed E-state index contributed by atoms with van der Waals surface area (Å²) in [4.78, 5) is 22.5. The summed E-state index contributed by atoms with van der Waals surface area (Å²) in [5.74, 6) is 0.410. The summed E-state index contributed by atoms with van der Waals surface area (Å²) >= 11 is 6.05. The predicted molar refractivity (Wildman–Crippen MR) is 134 cm³/mol. The number of halogens is 1. The van der Waals surface area contributed by atoms with Crippen molar-refractivity contribution in [3.63, 3.8) is 0 Å². The van der Waals surface area contributed by atoms with Gasteiger partial charge in [0, 0.05) is 41.7 Å². The lowest BCUT2D eigenvalue weighted by atomic mass is 10.0. The van der Waals surface area contributed by atoms with E-state index in [-0.39, 0.29) is 6.42 Å². The van der Waals surface area contributed by atoms with Crippen molar-refractivity contribution in [3.05, 3.63) is 59.1 Å².